The molecule has 0 bridgehead atoms. The normalized spacial score (nSPS) is 19.4. The number of benzene rings is 2. The summed E-state index contributed by atoms with van der Waals surface area (Å²) in [7, 11) is 0. The summed E-state index contributed by atoms with van der Waals surface area (Å²) in [5, 5.41) is 2.87. The second-order valence-corrected chi connectivity index (χ2v) is 7.86. The fourth-order valence-electron chi connectivity index (χ4n) is 3.09. The van der Waals surface area contributed by atoms with Gasteiger partial charge in [-0.05, 0) is 25.0 Å². The van der Waals surface area contributed by atoms with Gasteiger partial charge in [-0.1, -0.05) is 59.7 Å². The molecule has 26 heavy (non-hydrogen) atoms. The highest BCUT2D eigenvalue weighted by molar-refractivity contribution is 7.99. The largest absolute Gasteiger partial charge is 0.350 e. The van der Waals surface area contributed by atoms with E-state index in [4.69, 9.17) is 0 Å². The molecule has 0 saturated carbocycles. The van der Waals surface area contributed by atoms with Gasteiger partial charge >= 0.3 is 0 Å². The Morgan fingerprint density at radius 2 is 1.62 bits per heavy atom. The van der Waals surface area contributed by atoms with E-state index in [0.29, 0.717) is 12.3 Å². The van der Waals surface area contributed by atoms with Crippen LogP contribution in [-0.4, -0.2) is 28.5 Å². The molecule has 5 heteroatoms. The highest BCUT2D eigenvalue weighted by Gasteiger charge is 2.40. The van der Waals surface area contributed by atoms with Crippen molar-refractivity contribution in [3.05, 3.63) is 70.8 Å². The summed E-state index contributed by atoms with van der Waals surface area (Å²) in [5.41, 5.74) is 4.48. The van der Waals surface area contributed by atoms with Gasteiger partial charge in [0, 0.05) is 19.2 Å². The quantitative estimate of drug-likeness (QED) is 0.897. The van der Waals surface area contributed by atoms with Crippen molar-refractivity contribution >= 4 is 23.6 Å². The van der Waals surface area contributed by atoms with E-state index in [0.717, 1.165) is 11.1 Å². The first-order chi connectivity index (χ1) is 12.5. The Labute approximate surface area is 159 Å². The lowest BCUT2D eigenvalue weighted by molar-refractivity contribution is -0.138. The van der Waals surface area contributed by atoms with E-state index in [9.17, 15) is 9.59 Å². The van der Waals surface area contributed by atoms with Crippen molar-refractivity contribution < 1.29 is 9.59 Å². The standard InChI is InChI=1S/C21H24N2O2S/c1-14-4-8-17(9-5-14)12-22-20(25)19-13-26-21(23(19)16(3)24)18-10-6-15(2)7-11-18/h4-11,19,21H,12-13H2,1-3H3,(H,22,25)/t19-,21+/m0/s1. The van der Waals surface area contributed by atoms with Crippen molar-refractivity contribution in [1.82, 2.24) is 10.2 Å². The summed E-state index contributed by atoms with van der Waals surface area (Å²) in [5.74, 6) is 0.441. The number of aryl methyl sites for hydroxylation is 2. The van der Waals surface area contributed by atoms with Gasteiger partial charge < -0.3 is 10.2 Å². The molecule has 0 aliphatic carbocycles. The SMILES string of the molecule is CC(=O)N1[C@@H](c2ccc(C)cc2)SC[C@H]1C(=O)NCc1ccc(C)cc1. The van der Waals surface area contributed by atoms with Crippen molar-refractivity contribution in [3.63, 3.8) is 0 Å². The second-order valence-electron chi connectivity index (χ2n) is 6.74. The molecule has 1 heterocycles. The maximum absolute atomic E-state index is 12.7. The fraction of sp³-hybridized carbons (Fsp3) is 0.333. The van der Waals surface area contributed by atoms with E-state index in [1.807, 2.05) is 62.4 Å². The lowest BCUT2D eigenvalue weighted by Gasteiger charge is -2.28. The average molecular weight is 369 g/mol. The summed E-state index contributed by atoms with van der Waals surface area (Å²) in [6, 6.07) is 15.8. The Kier molecular flexibility index (Phi) is 5.67. The van der Waals surface area contributed by atoms with Crippen LogP contribution in [0.2, 0.25) is 0 Å². The number of hydrogen-bond donors (Lipinski definition) is 1. The molecule has 136 valence electrons. The van der Waals surface area contributed by atoms with E-state index < -0.39 is 6.04 Å². The predicted molar refractivity (Wildman–Crippen MR) is 106 cm³/mol. The van der Waals surface area contributed by atoms with Crippen molar-refractivity contribution in [1.29, 1.82) is 0 Å². The molecular formula is C21H24N2O2S. The van der Waals surface area contributed by atoms with Crippen molar-refractivity contribution in [2.45, 2.75) is 38.7 Å². The summed E-state index contributed by atoms with van der Waals surface area (Å²) in [6.07, 6.45) is 0. The van der Waals surface area contributed by atoms with Crippen LogP contribution in [-0.2, 0) is 16.1 Å². The van der Waals surface area contributed by atoms with Crippen LogP contribution in [0.4, 0.5) is 0 Å². The molecule has 2 atom stereocenters. The number of amides is 2. The smallest absolute Gasteiger partial charge is 0.243 e. The molecule has 1 aliphatic rings. The van der Waals surface area contributed by atoms with Crippen molar-refractivity contribution in [2.24, 2.45) is 0 Å². The summed E-state index contributed by atoms with van der Waals surface area (Å²) in [6.45, 7) is 6.08. The first-order valence-electron chi connectivity index (χ1n) is 8.76. The van der Waals surface area contributed by atoms with Gasteiger partial charge in [-0.15, -0.1) is 11.8 Å². The van der Waals surface area contributed by atoms with Crippen LogP contribution in [0.5, 0.6) is 0 Å². The molecule has 0 spiro atoms. The van der Waals surface area contributed by atoms with E-state index in [-0.39, 0.29) is 17.2 Å². The predicted octanol–water partition coefficient (Wildman–Crippen LogP) is 3.58. The summed E-state index contributed by atoms with van der Waals surface area (Å²) >= 11 is 1.64. The van der Waals surface area contributed by atoms with Crippen LogP contribution < -0.4 is 5.32 Å². The maximum Gasteiger partial charge on any atom is 0.243 e. The maximum atomic E-state index is 12.7. The van der Waals surface area contributed by atoms with E-state index in [2.05, 4.69) is 5.32 Å². The number of hydrogen-bond acceptors (Lipinski definition) is 3. The molecular weight excluding hydrogens is 344 g/mol. The number of carbonyl (C=O) groups excluding carboxylic acids is 2. The molecule has 2 amide bonds. The molecule has 1 aliphatic heterocycles. The van der Waals surface area contributed by atoms with E-state index in [1.54, 1.807) is 16.7 Å². The van der Waals surface area contributed by atoms with E-state index in [1.165, 1.54) is 18.1 Å². The minimum absolute atomic E-state index is 0.0731. The molecule has 1 fully saturated rings. The number of thioether (sulfide) groups is 1. The third kappa shape index (κ3) is 4.10. The van der Waals surface area contributed by atoms with Gasteiger partial charge in [0.2, 0.25) is 11.8 Å². The number of carbonyl (C=O) groups is 2. The van der Waals surface area contributed by atoms with Crippen LogP contribution in [0, 0.1) is 13.8 Å². The summed E-state index contributed by atoms with van der Waals surface area (Å²) < 4.78 is 0. The third-order valence-corrected chi connectivity index (χ3v) is 5.94. The minimum atomic E-state index is -0.436. The van der Waals surface area contributed by atoms with Gasteiger partial charge in [-0.3, -0.25) is 9.59 Å². The van der Waals surface area contributed by atoms with Gasteiger partial charge in [0.05, 0.1) is 0 Å². The molecule has 2 aromatic rings. The molecule has 0 radical (unpaired) electrons. The molecule has 1 saturated heterocycles. The van der Waals surface area contributed by atoms with Crippen LogP contribution in [0.1, 0.15) is 34.6 Å². The van der Waals surface area contributed by atoms with Gasteiger partial charge in [0.15, 0.2) is 0 Å². The lowest BCUT2D eigenvalue weighted by Crippen LogP contribution is -2.47. The number of nitrogens with zero attached hydrogens (tertiary/aromatic N) is 1. The lowest BCUT2D eigenvalue weighted by atomic mass is 10.1. The molecule has 1 N–H and O–H groups in total. The highest BCUT2D eigenvalue weighted by atomic mass is 32.2. The van der Waals surface area contributed by atoms with Gasteiger partial charge in [-0.25, -0.2) is 0 Å². The topological polar surface area (TPSA) is 49.4 Å². The Balaban J connectivity index is 1.70. The summed E-state index contributed by atoms with van der Waals surface area (Å²) in [4.78, 5) is 26.7. The molecule has 2 aromatic carbocycles. The Morgan fingerprint density at radius 1 is 1.04 bits per heavy atom. The second kappa shape index (κ2) is 7.96. The van der Waals surface area contributed by atoms with Gasteiger partial charge in [0.1, 0.15) is 11.4 Å². The molecule has 0 unspecified atom stereocenters. The first-order valence-corrected chi connectivity index (χ1v) is 9.81. The van der Waals surface area contributed by atoms with Crippen molar-refractivity contribution in [2.75, 3.05) is 5.75 Å². The zero-order valence-electron chi connectivity index (χ0n) is 15.4. The van der Waals surface area contributed by atoms with Gasteiger partial charge in [-0.2, -0.15) is 0 Å². The Bertz CT molecular complexity index is 787. The first kappa shape index (κ1) is 18.5. The molecule has 3 rings (SSSR count). The monoisotopic (exact) mass is 368 g/mol. The minimum Gasteiger partial charge on any atom is -0.350 e. The van der Waals surface area contributed by atoms with Crippen LogP contribution in [0.15, 0.2) is 48.5 Å². The van der Waals surface area contributed by atoms with E-state index >= 15 is 0 Å². The third-order valence-electron chi connectivity index (χ3n) is 4.62. The number of rotatable bonds is 4. The Morgan fingerprint density at radius 3 is 2.19 bits per heavy atom. The van der Waals surface area contributed by atoms with Crippen LogP contribution in [0.3, 0.4) is 0 Å². The van der Waals surface area contributed by atoms with Gasteiger partial charge in [0.25, 0.3) is 0 Å². The Hall–Kier alpha value is -2.27. The van der Waals surface area contributed by atoms with Crippen molar-refractivity contribution in [3.8, 4) is 0 Å². The zero-order chi connectivity index (χ0) is 18.7. The fourth-order valence-corrected chi connectivity index (χ4v) is 4.58. The number of nitrogens with one attached hydrogen (secondary N) is 1. The highest BCUT2D eigenvalue weighted by Crippen LogP contribution is 2.41. The molecule has 0 aromatic heterocycles. The zero-order valence-corrected chi connectivity index (χ0v) is 16.2. The average Bonchev–Trinajstić information content (AvgIpc) is 3.07. The van der Waals surface area contributed by atoms with Crippen LogP contribution >= 0.6 is 11.8 Å². The molecule has 4 nitrogen and oxygen atoms in total. The van der Waals surface area contributed by atoms with Crippen LogP contribution in [0.25, 0.3) is 0 Å².